The molecule has 158 valence electrons. The van der Waals surface area contributed by atoms with Crippen LogP contribution in [0.5, 0.6) is 11.5 Å². The molecule has 0 aromatic heterocycles. The molecule has 1 spiro atoms. The fourth-order valence-electron chi connectivity index (χ4n) is 4.01. The summed E-state index contributed by atoms with van der Waals surface area (Å²) in [5.41, 5.74) is 1.32. The van der Waals surface area contributed by atoms with Crippen molar-refractivity contribution in [2.45, 2.75) is 24.9 Å². The van der Waals surface area contributed by atoms with Crippen LogP contribution in [-0.4, -0.2) is 55.7 Å². The third-order valence-corrected chi connectivity index (χ3v) is 5.68. The number of piperidine rings is 1. The van der Waals surface area contributed by atoms with Gasteiger partial charge in [0.1, 0.15) is 24.7 Å². The first kappa shape index (κ1) is 20.3. The van der Waals surface area contributed by atoms with Gasteiger partial charge in [-0.15, -0.1) is 0 Å². The van der Waals surface area contributed by atoms with Gasteiger partial charge in [-0.2, -0.15) is 0 Å². The SMILES string of the molecule is COc1ccc(CN2CCC3(CC2)N=C(c2ccccc2)NC3=O)cc1OCCF. The van der Waals surface area contributed by atoms with E-state index < -0.39 is 12.2 Å². The number of carbonyl (C=O) groups is 1. The number of aliphatic imine (C=N–C) groups is 1. The van der Waals surface area contributed by atoms with Gasteiger partial charge in [0.05, 0.1) is 7.11 Å². The minimum absolute atomic E-state index is 0.00289. The van der Waals surface area contributed by atoms with E-state index in [1.165, 1.54) is 0 Å². The van der Waals surface area contributed by atoms with Gasteiger partial charge in [0, 0.05) is 25.2 Å². The fraction of sp³-hybridized carbons (Fsp3) is 0.391. The van der Waals surface area contributed by atoms with E-state index in [9.17, 15) is 9.18 Å². The second kappa shape index (κ2) is 8.83. The van der Waals surface area contributed by atoms with Crippen LogP contribution in [0.4, 0.5) is 4.39 Å². The predicted molar refractivity (Wildman–Crippen MR) is 113 cm³/mol. The molecule has 1 N–H and O–H groups in total. The molecule has 1 amide bonds. The Morgan fingerprint density at radius 1 is 1.13 bits per heavy atom. The number of likely N-dealkylation sites (tertiary alicyclic amines) is 1. The summed E-state index contributed by atoms with van der Waals surface area (Å²) >= 11 is 0. The number of nitrogens with one attached hydrogen (secondary N) is 1. The summed E-state index contributed by atoms with van der Waals surface area (Å²) in [6.45, 7) is 1.72. The minimum atomic E-state index is -0.670. The van der Waals surface area contributed by atoms with E-state index in [4.69, 9.17) is 14.5 Å². The van der Waals surface area contributed by atoms with Crippen molar-refractivity contribution in [3.63, 3.8) is 0 Å². The lowest BCUT2D eigenvalue weighted by atomic mass is 9.88. The Bertz CT molecular complexity index is 925. The lowest BCUT2D eigenvalue weighted by Crippen LogP contribution is -2.48. The highest BCUT2D eigenvalue weighted by atomic mass is 19.1. The van der Waals surface area contributed by atoms with Crippen molar-refractivity contribution in [2.24, 2.45) is 4.99 Å². The Balaban J connectivity index is 1.41. The number of benzene rings is 2. The van der Waals surface area contributed by atoms with Gasteiger partial charge in [0.2, 0.25) is 0 Å². The molecule has 4 rings (SSSR count). The molecule has 0 radical (unpaired) electrons. The molecule has 30 heavy (non-hydrogen) atoms. The molecule has 0 unspecified atom stereocenters. The number of rotatable bonds is 7. The van der Waals surface area contributed by atoms with E-state index in [0.29, 0.717) is 30.2 Å². The van der Waals surface area contributed by atoms with Crippen molar-refractivity contribution in [2.75, 3.05) is 33.5 Å². The van der Waals surface area contributed by atoms with E-state index >= 15 is 0 Å². The van der Waals surface area contributed by atoms with Crippen LogP contribution in [-0.2, 0) is 11.3 Å². The van der Waals surface area contributed by atoms with Crippen LogP contribution < -0.4 is 14.8 Å². The normalized spacial score (nSPS) is 18.2. The average Bonchev–Trinajstić information content (AvgIpc) is 3.10. The third-order valence-electron chi connectivity index (χ3n) is 5.68. The first-order chi connectivity index (χ1) is 14.6. The van der Waals surface area contributed by atoms with E-state index in [2.05, 4.69) is 10.2 Å². The van der Waals surface area contributed by atoms with Gasteiger partial charge < -0.3 is 14.8 Å². The van der Waals surface area contributed by atoms with Crippen molar-refractivity contribution in [1.82, 2.24) is 10.2 Å². The number of nitrogens with zero attached hydrogens (tertiary/aromatic N) is 2. The third kappa shape index (κ3) is 4.16. The maximum absolute atomic E-state index is 12.7. The second-order valence-corrected chi connectivity index (χ2v) is 7.61. The molecule has 6 nitrogen and oxygen atoms in total. The van der Waals surface area contributed by atoms with Crippen LogP contribution >= 0.6 is 0 Å². The van der Waals surface area contributed by atoms with Crippen molar-refractivity contribution in [3.8, 4) is 11.5 Å². The summed E-state index contributed by atoms with van der Waals surface area (Å²) in [4.78, 5) is 19.8. The van der Waals surface area contributed by atoms with Gasteiger partial charge >= 0.3 is 0 Å². The van der Waals surface area contributed by atoms with Crippen LogP contribution in [0.2, 0.25) is 0 Å². The topological polar surface area (TPSA) is 63.2 Å². The Hall–Kier alpha value is -2.93. The van der Waals surface area contributed by atoms with Gasteiger partial charge in [-0.05, 0) is 30.5 Å². The van der Waals surface area contributed by atoms with E-state index in [1.807, 2.05) is 48.5 Å². The number of amidine groups is 1. The zero-order chi connectivity index (χ0) is 21.0. The molecule has 1 fully saturated rings. The van der Waals surface area contributed by atoms with Crippen LogP contribution in [0.25, 0.3) is 0 Å². The summed E-state index contributed by atoms with van der Waals surface area (Å²) in [7, 11) is 1.57. The smallest absolute Gasteiger partial charge is 0.253 e. The molecule has 2 aromatic carbocycles. The predicted octanol–water partition coefficient (Wildman–Crippen LogP) is 2.95. The van der Waals surface area contributed by atoms with Crippen molar-refractivity contribution >= 4 is 11.7 Å². The molecule has 7 heteroatoms. The number of halogens is 1. The number of carbonyl (C=O) groups excluding carboxylic acids is 1. The molecule has 0 saturated carbocycles. The molecular formula is C23H26FN3O3. The average molecular weight is 411 g/mol. The van der Waals surface area contributed by atoms with Crippen LogP contribution in [0.15, 0.2) is 53.5 Å². The standard InChI is InChI=1S/C23H26FN3O3/c1-29-19-8-7-17(15-20(19)30-14-11-24)16-27-12-9-23(10-13-27)22(28)25-21(26-23)18-5-3-2-4-6-18/h2-8,15H,9-14,16H2,1H3,(H,25,26,28). The molecule has 0 bridgehead atoms. The van der Waals surface area contributed by atoms with Crippen molar-refractivity contribution < 1.29 is 18.7 Å². The summed E-state index contributed by atoms with van der Waals surface area (Å²) in [6.07, 6.45) is 1.35. The zero-order valence-electron chi connectivity index (χ0n) is 17.1. The highest BCUT2D eigenvalue weighted by Gasteiger charge is 2.45. The van der Waals surface area contributed by atoms with Crippen molar-refractivity contribution in [3.05, 3.63) is 59.7 Å². The van der Waals surface area contributed by atoms with Gasteiger partial charge in [-0.25, -0.2) is 4.39 Å². The van der Waals surface area contributed by atoms with E-state index in [0.717, 1.165) is 30.8 Å². The summed E-state index contributed by atoms with van der Waals surface area (Å²) in [6, 6.07) is 15.5. The maximum Gasteiger partial charge on any atom is 0.253 e. The first-order valence-electron chi connectivity index (χ1n) is 10.2. The number of amides is 1. The molecule has 0 aliphatic carbocycles. The number of hydrogen-bond acceptors (Lipinski definition) is 5. The zero-order valence-corrected chi connectivity index (χ0v) is 17.1. The molecular weight excluding hydrogens is 385 g/mol. The Morgan fingerprint density at radius 2 is 1.90 bits per heavy atom. The van der Waals surface area contributed by atoms with E-state index in [1.54, 1.807) is 7.11 Å². The highest BCUT2D eigenvalue weighted by molar-refractivity contribution is 6.15. The van der Waals surface area contributed by atoms with Crippen molar-refractivity contribution in [1.29, 1.82) is 0 Å². The molecule has 0 atom stereocenters. The highest BCUT2D eigenvalue weighted by Crippen LogP contribution is 2.33. The molecule has 2 heterocycles. The number of methoxy groups -OCH3 is 1. The van der Waals surface area contributed by atoms with Crippen LogP contribution in [0.1, 0.15) is 24.0 Å². The summed E-state index contributed by atoms with van der Waals surface area (Å²) in [5.74, 6) is 1.80. The lowest BCUT2D eigenvalue weighted by Gasteiger charge is -2.35. The first-order valence-corrected chi connectivity index (χ1v) is 10.2. The summed E-state index contributed by atoms with van der Waals surface area (Å²) < 4.78 is 23.2. The molecule has 2 aliphatic rings. The number of alkyl halides is 1. The lowest BCUT2D eigenvalue weighted by molar-refractivity contribution is -0.125. The second-order valence-electron chi connectivity index (χ2n) is 7.61. The molecule has 1 saturated heterocycles. The molecule has 2 aliphatic heterocycles. The van der Waals surface area contributed by atoms with Gasteiger partial charge in [0.15, 0.2) is 11.5 Å². The van der Waals surface area contributed by atoms with Gasteiger partial charge in [0.25, 0.3) is 5.91 Å². The quantitative estimate of drug-likeness (QED) is 0.761. The molecule has 2 aromatic rings. The Kier molecular flexibility index (Phi) is 5.99. The summed E-state index contributed by atoms with van der Waals surface area (Å²) in [5, 5.41) is 2.97. The number of ether oxygens (including phenoxy) is 2. The largest absolute Gasteiger partial charge is 0.493 e. The van der Waals surface area contributed by atoms with Gasteiger partial charge in [-0.3, -0.25) is 14.7 Å². The van der Waals surface area contributed by atoms with Crippen LogP contribution in [0.3, 0.4) is 0 Å². The van der Waals surface area contributed by atoms with Crippen LogP contribution in [0, 0.1) is 0 Å². The van der Waals surface area contributed by atoms with Gasteiger partial charge in [-0.1, -0.05) is 36.4 Å². The van der Waals surface area contributed by atoms with E-state index in [-0.39, 0.29) is 12.5 Å². The monoisotopic (exact) mass is 411 g/mol. The fourth-order valence-corrected chi connectivity index (χ4v) is 4.01. The Morgan fingerprint density at radius 3 is 2.60 bits per heavy atom. The minimum Gasteiger partial charge on any atom is -0.493 e. The Labute approximate surface area is 175 Å². The maximum atomic E-state index is 12.7. The number of hydrogen-bond donors (Lipinski definition) is 1.